The van der Waals surface area contributed by atoms with Gasteiger partial charge in [0.15, 0.2) is 5.13 Å². The third-order valence-electron chi connectivity index (χ3n) is 4.49. The highest BCUT2D eigenvalue weighted by Gasteiger charge is 2.21. The Labute approximate surface area is 155 Å². The van der Waals surface area contributed by atoms with Gasteiger partial charge in [-0.15, -0.1) is 0 Å². The third-order valence-corrected chi connectivity index (χ3v) is 5.49. The zero-order valence-corrected chi connectivity index (χ0v) is 15.4. The number of rotatable bonds is 5. The summed E-state index contributed by atoms with van der Waals surface area (Å²) in [4.78, 5) is 18.5. The van der Waals surface area contributed by atoms with Crippen LogP contribution in [0.3, 0.4) is 0 Å². The molecule has 1 aliphatic rings. The Morgan fingerprint density at radius 2 is 2.27 bits per heavy atom. The number of anilines is 2. The molecule has 4 rings (SSSR count). The number of hydrogen-bond donors (Lipinski definition) is 1. The van der Waals surface area contributed by atoms with Gasteiger partial charge in [-0.3, -0.25) is 4.79 Å². The number of nitrogens with one attached hydrogen (secondary N) is 1. The number of aryl methyl sites for hydroxylation is 1. The molecule has 1 aliphatic heterocycles. The van der Waals surface area contributed by atoms with E-state index in [1.165, 1.54) is 9.38 Å². The van der Waals surface area contributed by atoms with Crippen LogP contribution in [0, 0.1) is 0 Å². The second kappa shape index (κ2) is 7.43. The van der Waals surface area contributed by atoms with E-state index < -0.39 is 0 Å². The topological polar surface area (TPSA) is 72.3 Å². The summed E-state index contributed by atoms with van der Waals surface area (Å²) in [6, 6.07) is 9.77. The summed E-state index contributed by atoms with van der Waals surface area (Å²) in [7, 11) is 1.65. The van der Waals surface area contributed by atoms with Crippen LogP contribution in [-0.4, -0.2) is 47.1 Å². The number of thiazole rings is 1. The van der Waals surface area contributed by atoms with Gasteiger partial charge in [-0.05, 0) is 18.6 Å². The van der Waals surface area contributed by atoms with Crippen LogP contribution in [-0.2, 0) is 11.8 Å². The molecule has 1 fully saturated rings. The number of fused-ring (bicyclic) bond motifs is 1. The van der Waals surface area contributed by atoms with Crippen molar-refractivity contribution in [1.29, 1.82) is 0 Å². The molecule has 0 amide bonds. The van der Waals surface area contributed by atoms with Crippen molar-refractivity contribution >= 4 is 32.4 Å². The summed E-state index contributed by atoms with van der Waals surface area (Å²) < 4.78 is 8.40. The standard InChI is InChI=1S/C18H21N5O2S/c1-22-17(24)10-13(11-20-22)23-8-9-25-14(12-23)6-7-19-18-21-15-4-2-3-5-16(15)26-18/h2-5,10-11,14H,6-9,12H2,1H3,(H,19,21)/t14-/m0/s1. The number of para-hydroxylation sites is 1. The molecule has 1 aromatic carbocycles. The average molecular weight is 371 g/mol. The molecule has 0 saturated carbocycles. The van der Waals surface area contributed by atoms with E-state index in [0.717, 1.165) is 42.4 Å². The molecular weight excluding hydrogens is 350 g/mol. The minimum atomic E-state index is -0.0944. The number of ether oxygens (including phenoxy) is 1. The van der Waals surface area contributed by atoms with E-state index >= 15 is 0 Å². The molecule has 2 aromatic heterocycles. The van der Waals surface area contributed by atoms with Crippen molar-refractivity contribution in [3.05, 3.63) is 46.9 Å². The molecule has 7 nitrogen and oxygen atoms in total. The molecule has 3 heterocycles. The van der Waals surface area contributed by atoms with Gasteiger partial charge < -0.3 is 15.0 Å². The molecule has 0 spiro atoms. The highest BCUT2D eigenvalue weighted by Crippen LogP contribution is 2.25. The first-order chi connectivity index (χ1) is 12.7. The molecule has 8 heteroatoms. The van der Waals surface area contributed by atoms with Crippen molar-refractivity contribution in [3.63, 3.8) is 0 Å². The zero-order valence-electron chi connectivity index (χ0n) is 14.6. The second-order valence-electron chi connectivity index (χ2n) is 6.32. The Balaban J connectivity index is 1.33. The van der Waals surface area contributed by atoms with E-state index in [1.54, 1.807) is 30.6 Å². The van der Waals surface area contributed by atoms with Crippen LogP contribution < -0.4 is 15.8 Å². The van der Waals surface area contributed by atoms with Gasteiger partial charge in [-0.2, -0.15) is 5.10 Å². The minimum absolute atomic E-state index is 0.0944. The third kappa shape index (κ3) is 3.71. The van der Waals surface area contributed by atoms with E-state index in [0.29, 0.717) is 6.61 Å². The molecule has 0 radical (unpaired) electrons. The largest absolute Gasteiger partial charge is 0.374 e. The molecule has 0 bridgehead atoms. The van der Waals surface area contributed by atoms with Gasteiger partial charge in [0.2, 0.25) is 0 Å². The lowest BCUT2D eigenvalue weighted by molar-refractivity contribution is 0.0375. The van der Waals surface area contributed by atoms with Gasteiger partial charge in [0.1, 0.15) is 0 Å². The zero-order chi connectivity index (χ0) is 17.9. The van der Waals surface area contributed by atoms with Crippen molar-refractivity contribution in [3.8, 4) is 0 Å². The van der Waals surface area contributed by atoms with E-state index in [1.807, 2.05) is 18.2 Å². The van der Waals surface area contributed by atoms with Gasteiger partial charge in [0.25, 0.3) is 5.56 Å². The van der Waals surface area contributed by atoms with Crippen molar-refractivity contribution in [2.24, 2.45) is 7.05 Å². The summed E-state index contributed by atoms with van der Waals surface area (Å²) in [5.74, 6) is 0. The normalized spacial score (nSPS) is 17.6. The van der Waals surface area contributed by atoms with Crippen LogP contribution >= 0.6 is 11.3 Å². The predicted molar refractivity (Wildman–Crippen MR) is 104 cm³/mol. The van der Waals surface area contributed by atoms with Gasteiger partial charge in [-0.25, -0.2) is 9.67 Å². The summed E-state index contributed by atoms with van der Waals surface area (Å²) >= 11 is 1.67. The van der Waals surface area contributed by atoms with Crippen molar-refractivity contribution in [2.45, 2.75) is 12.5 Å². The smallest absolute Gasteiger partial charge is 0.268 e. The Kier molecular flexibility index (Phi) is 4.85. The number of morpholine rings is 1. The Morgan fingerprint density at radius 3 is 3.12 bits per heavy atom. The van der Waals surface area contributed by atoms with Gasteiger partial charge in [0, 0.05) is 32.7 Å². The summed E-state index contributed by atoms with van der Waals surface area (Å²) in [5.41, 5.74) is 1.79. The van der Waals surface area contributed by atoms with Crippen LogP contribution in [0.4, 0.5) is 10.8 Å². The molecule has 3 aromatic rings. The molecular formula is C18H21N5O2S. The first kappa shape index (κ1) is 17.0. The summed E-state index contributed by atoms with van der Waals surface area (Å²) in [6.45, 7) is 2.99. The average Bonchev–Trinajstić information content (AvgIpc) is 3.07. The molecule has 1 saturated heterocycles. The fraction of sp³-hybridized carbons (Fsp3) is 0.389. The molecule has 26 heavy (non-hydrogen) atoms. The predicted octanol–water partition coefficient (Wildman–Crippen LogP) is 2.10. The molecule has 136 valence electrons. The highest BCUT2D eigenvalue weighted by molar-refractivity contribution is 7.22. The van der Waals surface area contributed by atoms with Crippen LogP contribution in [0.25, 0.3) is 10.2 Å². The fourth-order valence-corrected chi connectivity index (χ4v) is 3.94. The Hall–Kier alpha value is -2.45. The first-order valence-electron chi connectivity index (χ1n) is 8.68. The van der Waals surface area contributed by atoms with E-state index in [-0.39, 0.29) is 11.7 Å². The maximum Gasteiger partial charge on any atom is 0.268 e. The summed E-state index contributed by atoms with van der Waals surface area (Å²) in [5, 5.41) is 8.44. The second-order valence-corrected chi connectivity index (χ2v) is 7.35. The number of hydrogen-bond acceptors (Lipinski definition) is 7. The highest BCUT2D eigenvalue weighted by atomic mass is 32.1. The fourth-order valence-electron chi connectivity index (χ4n) is 3.05. The number of benzene rings is 1. The molecule has 1 N–H and O–H groups in total. The van der Waals surface area contributed by atoms with E-state index in [2.05, 4.69) is 26.4 Å². The maximum absolute atomic E-state index is 11.8. The monoisotopic (exact) mass is 371 g/mol. The molecule has 0 aliphatic carbocycles. The SMILES string of the molecule is Cn1ncc(N2CCO[C@@H](CCNc3nc4ccccc4s3)C2)cc1=O. The Bertz CT molecular complexity index is 921. The quantitative estimate of drug-likeness (QED) is 0.741. The number of aromatic nitrogens is 3. The van der Waals surface area contributed by atoms with Gasteiger partial charge in [0.05, 0.1) is 34.8 Å². The number of nitrogens with zero attached hydrogens (tertiary/aromatic N) is 4. The Morgan fingerprint density at radius 1 is 1.38 bits per heavy atom. The summed E-state index contributed by atoms with van der Waals surface area (Å²) in [6.07, 6.45) is 2.74. The van der Waals surface area contributed by atoms with Crippen LogP contribution in [0.1, 0.15) is 6.42 Å². The first-order valence-corrected chi connectivity index (χ1v) is 9.50. The van der Waals surface area contributed by atoms with E-state index in [9.17, 15) is 4.79 Å². The lowest BCUT2D eigenvalue weighted by Gasteiger charge is -2.34. The van der Waals surface area contributed by atoms with E-state index in [4.69, 9.17) is 4.74 Å². The lowest BCUT2D eigenvalue weighted by atomic mass is 10.2. The van der Waals surface area contributed by atoms with Crippen LogP contribution in [0.2, 0.25) is 0 Å². The van der Waals surface area contributed by atoms with Crippen LogP contribution in [0.15, 0.2) is 41.3 Å². The molecule has 0 unspecified atom stereocenters. The van der Waals surface area contributed by atoms with Crippen LogP contribution in [0.5, 0.6) is 0 Å². The molecule has 1 atom stereocenters. The van der Waals surface area contributed by atoms with Gasteiger partial charge in [-0.1, -0.05) is 23.5 Å². The minimum Gasteiger partial charge on any atom is -0.374 e. The van der Waals surface area contributed by atoms with Crippen molar-refractivity contribution in [1.82, 2.24) is 14.8 Å². The van der Waals surface area contributed by atoms with Crippen molar-refractivity contribution in [2.75, 3.05) is 36.5 Å². The van der Waals surface area contributed by atoms with Crippen molar-refractivity contribution < 1.29 is 4.74 Å². The van der Waals surface area contributed by atoms with Gasteiger partial charge >= 0.3 is 0 Å². The lowest BCUT2D eigenvalue weighted by Crippen LogP contribution is -2.43. The maximum atomic E-state index is 11.8.